The van der Waals surface area contributed by atoms with Crippen molar-refractivity contribution >= 4 is 6.09 Å². The minimum Gasteiger partial charge on any atom is -0.410 e. The Morgan fingerprint density at radius 1 is 1.28 bits per heavy atom. The summed E-state index contributed by atoms with van der Waals surface area (Å²) in [6.07, 6.45) is 4.13. The topological polar surface area (TPSA) is 50.4 Å². The number of aryl methyl sites for hydroxylation is 1. The molecule has 2 N–H and O–H groups in total. The number of carbonyl (C=O) groups is 1. The molecular formula is C14H20N2O2. The molecule has 0 bridgehead atoms. The Labute approximate surface area is 108 Å². The molecule has 1 aliphatic carbocycles. The van der Waals surface area contributed by atoms with Gasteiger partial charge in [-0.15, -0.1) is 0 Å². The van der Waals surface area contributed by atoms with E-state index in [1.165, 1.54) is 24.0 Å². The summed E-state index contributed by atoms with van der Waals surface area (Å²) in [7, 11) is 1.85. The first kappa shape index (κ1) is 12.9. The predicted octanol–water partition coefficient (Wildman–Crippen LogP) is 1.87. The van der Waals surface area contributed by atoms with E-state index < -0.39 is 0 Å². The fourth-order valence-electron chi connectivity index (χ4n) is 2.27. The number of nitrogens with one attached hydrogen (secondary N) is 2. The van der Waals surface area contributed by atoms with Gasteiger partial charge in [0, 0.05) is 13.1 Å². The number of benzene rings is 1. The smallest absolute Gasteiger partial charge is 0.410 e. The van der Waals surface area contributed by atoms with Crippen molar-refractivity contribution in [3.05, 3.63) is 29.3 Å². The Morgan fingerprint density at radius 3 is 2.94 bits per heavy atom. The molecule has 1 amide bonds. The molecule has 0 radical (unpaired) electrons. The van der Waals surface area contributed by atoms with Gasteiger partial charge in [-0.2, -0.15) is 0 Å². The van der Waals surface area contributed by atoms with Crippen LogP contribution in [0, 0.1) is 0 Å². The summed E-state index contributed by atoms with van der Waals surface area (Å²) in [5.74, 6) is 0.717. The molecule has 0 aliphatic heterocycles. The summed E-state index contributed by atoms with van der Waals surface area (Å²) in [6, 6.07) is 5.96. The van der Waals surface area contributed by atoms with Gasteiger partial charge in [0.25, 0.3) is 0 Å². The first-order chi connectivity index (χ1) is 8.81. The molecule has 4 heteroatoms. The van der Waals surface area contributed by atoms with Crippen LogP contribution in [0.2, 0.25) is 0 Å². The summed E-state index contributed by atoms with van der Waals surface area (Å²) in [6.45, 7) is 1.31. The molecule has 0 saturated heterocycles. The molecule has 0 aromatic heterocycles. The summed E-state index contributed by atoms with van der Waals surface area (Å²) in [4.78, 5) is 11.6. The van der Waals surface area contributed by atoms with Gasteiger partial charge in [-0.1, -0.05) is 12.1 Å². The van der Waals surface area contributed by atoms with Crippen LogP contribution in [-0.2, 0) is 12.8 Å². The fraction of sp³-hybridized carbons (Fsp3) is 0.500. The second-order valence-corrected chi connectivity index (χ2v) is 4.52. The van der Waals surface area contributed by atoms with Crippen LogP contribution in [0.1, 0.15) is 24.0 Å². The van der Waals surface area contributed by atoms with Crippen molar-refractivity contribution in [1.29, 1.82) is 0 Å². The first-order valence-corrected chi connectivity index (χ1v) is 6.52. The lowest BCUT2D eigenvalue weighted by molar-refractivity contribution is 0.200. The Kier molecular flexibility index (Phi) is 4.59. The molecule has 0 atom stereocenters. The van der Waals surface area contributed by atoms with E-state index in [0.29, 0.717) is 12.3 Å². The maximum Gasteiger partial charge on any atom is 0.412 e. The van der Waals surface area contributed by atoms with Gasteiger partial charge in [0.1, 0.15) is 5.75 Å². The van der Waals surface area contributed by atoms with Crippen LogP contribution in [0.5, 0.6) is 5.75 Å². The lowest BCUT2D eigenvalue weighted by Crippen LogP contribution is -2.32. The van der Waals surface area contributed by atoms with Crippen LogP contribution < -0.4 is 15.4 Å². The molecule has 0 unspecified atom stereocenters. The Morgan fingerprint density at radius 2 is 2.11 bits per heavy atom. The van der Waals surface area contributed by atoms with Gasteiger partial charge in [-0.3, -0.25) is 0 Å². The van der Waals surface area contributed by atoms with E-state index in [1.54, 1.807) is 0 Å². The molecular weight excluding hydrogens is 228 g/mol. The lowest BCUT2D eigenvalue weighted by Gasteiger charge is -2.18. The SMILES string of the molecule is CNCCNC(=O)Oc1cccc2c1CCCC2. The fourth-order valence-corrected chi connectivity index (χ4v) is 2.27. The molecule has 1 aromatic rings. The number of carbonyl (C=O) groups excluding carboxylic acids is 1. The zero-order valence-corrected chi connectivity index (χ0v) is 10.8. The van der Waals surface area contributed by atoms with Crippen LogP contribution in [0.25, 0.3) is 0 Å². The van der Waals surface area contributed by atoms with E-state index in [9.17, 15) is 4.79 Å². The van der Waals surface area contributed by atoms with Crippen LogP contribution in [0.15, 0.2) is 18.2 Å². The van der Waals surface area contributed by atoms with E-state index in [-0.39, 0.29) is 6.09 Å². The van der Waals surface area contributed by atoms with Gasteiger partial charge < -0.3 is 15.4 Å². The zero-order valence-electron chi connectivity index (χ0n) is 10.8. The average Bonchev–Trinajstić information content (AvgIpc) is 2.39. The summed E-state index contributed by atoms with van der Waals surface area (Å²) in [5.41, 5.74) is 2.52. The third kappa shape index (κ3) is 3.23. The number of rotatable bonds is 4. The molecule has 4 nitrogen and oxygen atoms in total. The second kappa shape index (κ2) is 6.40. The highest BCUT2D eigenvalue weighted by atomic mass is 16.6. The maximum atomic E-state index is 11.6. The minimum atomic E-state index is -0.371. The molecule has 0 saturated carbocycles. The average molecular weight is 248 g/mol. The van der Waals surface area contributed by atoms with Crippen molar-refractivity contribution < 1.29 is 9.53 Å². The summed E-state index contributed by atoms with van der Waals surface area (Å²) >= 11 is 0. The highest BCUT2D eigenvalue weighted by molar-refractivity contribution is 5.71. The number of likely N-dealkylation sites (N-methyl/N-ethyl adjacent to an activating group) is 1. The first-order valence-electron chi connectivity index (χ1n) is 6.52. The van der Waals surface area contributed by atoms with Crippen LogP contribution in [0.4, 0.5) is 4.79 Å². The van der Waals surface area contributed by atoms with Crippen LogP contribution in [0.3, 0.4) is 0 Å². The van der Waals surface area contributed by atoms with Gasteiger partial charge in [0.2, 0.25) is 0 Å². The van der Waals surface area contributed by atoms with Gasteiger partial charge in [-0.05, 0) is 49.9 Å². The highest BCUT2D eigenvalue weighted by Gasteiger charge is 2.15. The maximum absolute atomic E-state index is 11.6. The van der Waals surface area contributed by atoms with Crippen molar-refractivity contribution in [2.45, 2.75) is 25.7 Å². The zero-order chi connectivity index (χ0) is 12.8. The Balaban J connectivity index is 1.98. The molecule has 0 spiro atoms. The van der Waals surface area contributed by atoms with E-state index in [0.717, 1.165) is 19.4 Å². The number of fused-ring (bicyclic) bond motifs is 1. The van der Waals surface area contributed by atoms with Gasteiger partial charge in [0.15, 0.2) is 0 Å². The van der Waals surface area contributed by atoms with Gasteiger partial charge in [-0.25, -0.2) is 4.79 Å². The van der Waals surface area contributed by atoms with Crippen molar-refractivity contribution in [1.82, 2.24) is 10.6 Å². The number of hydrogen-bond donors (Lipinski definition) is 2. The predicted molar refractivity (Wildman–Crippen MR) is 71.0 cm³/mol. The molecule has 1 aromatic carbocycles. The molecule has 98 valence electrons. The lowest BCUT2D eigenvalue weighted by atomic mass is 9.91. The standard InChI is InChI=1S/C14H20N2O2/c1-15-9-10-16-14(17)18-13-8-4-6-11-5-2-3-7-12(11)13/h4,6,8,15H,2-3,5,7,9-10H2,1H3,(H,16,17). The number of ether oxygens (including phenoxy) is 1. The minimum absolute atomic E-state index is 0.371. The van der Waals surface area contributed by atoms with Crippen molar-refractivity contribution in [2.75, 3.05) is 20.1 Å². The third-order valence-electron chi connectivity index (χ3n) is 3.20. The highest BCUT2D eigenvalue weighted by Crippen LogP contribution is 2.29. The molecule has 1 aliphatic rings. The van der Waals surface area contributed by atoms with Crippen LogP contribution in [-0.4, -0.2) is 26.2 Å². The molecule has 18 heavy (non-hydrogen) atoms. The van der Waals surface area contributed by atoms with Crippen LogP contribution >= 0.6 is 0 Å². The number of amides is 1. The van der Waals surface area contributed by atoms with E-state index in [2.05, 4.69) is 16.7 Å². The monoisotopic (exact) mass is 248 g/mol. The summed E-state index contributed by atoms with van der Waals surface area (Å²) in [5, 5.41) is 5.68. The number of hydrogen-bond acceptors (Lipinski definition) is 3. The van der Waals surface area contributed by atoms with Gasteiger partial charge in [0.05, 0.1) is 0 Å². The van der Waals surface area contributed by atoms with E-state index in [1.807, 2.05) is 19.2 Å². The molecule has 0 fully saturated rings. The van der Waals surface area contributed by atoms with E-state index in [4.69, 9.17) is 4.74 Å². The van der Waals surface area contributed by atoms with Crippen molar-refractivity contribution in [3.8, 4) is 5.75 Å². The van der Waals surface area contributed by atoms with Crippen molar-refractivity contribution in [2.24, 2.45) is 0 Å². The van der Waals surface area contributed by atoms with Crippen molar-refractivity contribution in [3.63, 3.8) is 0 Å². The molecule has 2 rings (SSSR count). The Hall–Kier alpha value is -1.55. The van der Waals surface area contributed by atoms with Gasteiger partial charge >= 0.3 is 6.09 Å². The normalized spacial score (nSPS) is 13.8. The summed E-state index contributed by atoms with van der Waals surface area (Å²) < 4.78 is 5.38. The quantitative estimate of drug-likeness (QED) is 0.800. The second-order valence-electron chi connectivity index (χ2n) is 4.52. The third-order valence-corrected chi connectivity index (χ3v) is 3.20. The van der Waals surface area contributed by atoms with E-state index >= 15 is 0 Å². The Bertz CT molecular complexity index is 418. The largest absolute Gasteiger partial charge is 0.412 e. The molecule has 0 heterocycles.